The predicted octanol–water partition coefficient (Wildman–Crippen LogP) is 3.95. The van der Waals surface area contributed by atoms with Gasteiger partial charge < -0.3 is 24.8 Å². The molecule has 8 heteroatoms. The molecule has 0 aliphatic carbocycles. The van der Waals surface area contributed by atoms with E-state index in [1.165, 1.54) is 62.8 Å². The van der Waals surface area contributed by atoms with Crippen LogP contribution in [0.15, 0.2) is 65.0 Å². The van der Waals surface area contributed by atoms with E-state index in [0.29, 0.717) is 11.1 Å². The molecule has 2 rings (SSSR count). The smallest absolute Gasteiger partial charge is 0.336 e. The largest absolute Gasteiger partial charge is 0.504 e. The Morgan fingerprint density at radius 2 is 1.38 bits per heavy atom. The van der Waals surface area contributed by atoms with Gasteiger partial charge in [0.15, 0.2) is 23.0 Å². The van der Waals surface area contributed by atoms with E-state index in [0.717, 1.165) is 0 Å². The molecular formula is C21H19NO7. The van der Waals surface area contributed by atoms with E-state index in [1.54, 1.807) is 0 Å². The third-order valence-corrected chi connectivity index (χ3v) is 3.97. The molecular weight excluding hydrogens is 378 g/mol. The molecule has 0 spiro atoms. The van der Waals surface area contributed by atoms with Gasteiger partial charge in [-0.2, -0.15) is 0 Å². The fourth-order valence-electron chi connectivity index (χ4n) is 2.52. The maximum Gasteiger partial charge on any atom is 0.336 e. The Balaban J connectivity index is 2.65. The molecule has 8 nitrogen and oxygen atoms in total. The molecule has 0 radical (unpaired) electrons. The number of aliphatic carboxylic acids is 1. The van der Waals surface area contributed by atoms with Crippen LogP contribution in [0.2, 0.25) is 0 Å². The Kier molecular flexibility index (Phi) is 6.75. The summed E-state index contributed by atoms with van der Waals surface area (Å²) in [4.78, 5) is 23.0. The van der Waals surface area contributed by atoms with Crippen molar-refractivity contribution in [3.63, 3.8) is 0 Å². The lowest BCUT2D eigenvalue weighted by Crippen LogP contribution is -2.05. The summed E-state index contributed by atoms with van der Waals surface area (Å²) >= 11 is 0. The highest BCUT2D eigenvalue weighted by Gasteiger charge is 2.18. The number of ether oxygens (including phenoxy) is 2. The molecule has 3 N–H and O–H groups in total. The van der Waals surface area contributed by atoms with Gasteiger partial charge in [-0.25, -0.2) is 4.79 Å². The van der Waals surface area contributed by atoms with Crippen molar-refractivity contribution in [1.82, 2.24) is 0 Å². The topological polar surface area (TPSA) is 126 Å². The summed E-state index contributed by atoms with van der Waals surface area (Å²) in [5, 5.41) is 31.9. The maximum atomic E-state index is 11.9. The minimum atomic E-state index is -1.32. The number of aromatic hydroxyl groups is 2. The summed E-state index contributed by atoms with van der Waals surface area (Å²) < 4.78 is 10.1. The normalized spacial score (nSPS) is 11.7. The Bertz CT molecular complexity index is 1020. The monoisotopic (exact) mass is 397 g/mol. The number of nitrogens with zero attached hydrogens (tertiary/aromatic N) is 1. The molecule has 0 atom stereocenters. The Morgan fingerprint density at radius 3 is 1.76 bits per heavy atom. The van der Waals surface area contributed by atoms with E-state index >= 15 is 0 Å². The van der Waals surface area contributed by atoms with Gasteiger partial charge in [0.1, 0.15) is 5.70 Å². The van der Waals surface area contributed by atoms with Gasteiger partial charge in [-0.1, -0.05) is 18.7 Å². The second-order valence-electron chi connectivity index (χ2n) is 5.82. The molecule has 0 aromatic heterocycles. The van der Waals surface area contributed by atoms with Gasteiger partial charge in [0.25, 0.3) is 0 Å². The number of carboxylic acid groups (broad SMARTS) is 1. The van der Waals surface area contributed by atoms with Gasteiger partial charge in [-0.3, -0.25) is 0 Å². The van der Waals surface area contributed by atoms with Gasteiger partial charge in [-0.15, -0.1) is 4.91 Å². The molecule has 150 valence electrons. The Hall–Kier alpha value is -4.07. The number of benzene rings is 2. The fourth-order valence-corrected chi connectivity index (χ4v) is 2.52. The van der Waals surface area contributed by atoms with Crippen molar-refractivity contribution in [3.8, 4) is 23.0 Å². The van der Waals surface area contributed by atoms with Gasteiger partial charge >= 0.3 is 5.97 Å². The number of phenols is 2. The number of carboxylic acids is 1. The first kappa shape index (κ1) is 21.2. The van der Waals surface area contributed by atoms with E-state index in [2.05, 4.69) is 11.8 Å². The molecule has 0 saturated heterocycles. The third kappa shape index (κ3) is 5.01. The summed E-state index contributed by atoms with van der Waals surface area (Å²) in [7, 11) is 2.73. The lowest BCUT2D eigenvalue weighted by Gasteiger charge is -2.10. The Labute approximate surface area is 166 Å². The minimum absolute atomic E-state index is 0.0349. The van der Waals surface area contributed by atoms with E-state index in [1.807, 2.05) is 0 Å². The van der Waals surface area contributed by atoms with Crippen LogP contribution in [0.25, 0.3) is 12.2 Å². The number of methoxy groups -OCH3 is 2. The molecule has 0 aliphatic heterocycles. The zero-order chi connectivity index (χ0) is 21.6. The number of rotatable bonds is 8. The summed E-state index contributed by atoms with van der Waals surface area (Å²) in [6, 6.07) is 8.63. The third-order valence-electron chi connectivity index (χ3n) is 3.97. The number of carbonyl (C=O) groups is 1. The highest BCUT2D eigenvalue weighted by atomic mass is 16.5. The van der Waals surface area contributed by atoms with Crippen LogP contribution in [0.3, 0.4) is 0 Å². The zero-order valence-corrected chi connectivity index (χ0v) is 15.7. The van der Waals surface area contributed by atoms with Crippen molar-refractivity contribution in [2.45, 2.75) is 0 Å². The highest BCUT2D eigenvalue weighted by Crippen LogP contribution is 2.32. The van der Waals surface area contributed by atoms with Crippen LogP contribution >= 0.6 is 0 Å². The van der Waals surface area contributed by atoms with Crippen LogP contribution in [0, 0.1) is 4.91 Å². The van der Waals surface area contributed by atoms with Crippen molar-refractivity contribution in [2.75, 3.05) is 14.2 Å². The number of phenolic OH excluding ortho intramolecular Hbond substituents is 2. The van der Waals surface area contributed by atoms with Crippen LogP contribution < -0.4 is 9.47 Å². The quantitative estimate of drug-likeness (QED) is 0.350. The molecule has 0 aliphatic rings. The molecule has 2 aromatic rings. The first-order valence-electron chi connectivity index (χ1n) is 8.24. The average Bonchev–Trinajstić information content (AvgIpc) is 2.71. The van der Waals surface area contributed by atoms with Crippen molar-refractivity contribution in [2.24, 2.45) is 5.18 Å². The standard InChI is InChI=1S/C21H19NO7/c1-12(22-27)15(8-13-4-6-17(23)19(10-13)28-2)16(21(25)26)9-14-5-7-18(24)20(11-14)29-3/h4-11,23-24H,1H2,2-3H3,(H,25,26)/b15-8-,16-9+. The fraction of sp³-hybridized carbons (Fsp3) is 0.0952. The number of hydrogen-bond donors (Lipinski definition) is 3. The predicted molar refractivity (Wildman–Crippen MR) is 108 cm³/mol. The number of hydrogen-bond acceptors (Lipinski definition) is 7. The lowest BCUT2D eigenvalue weighted by atomic mass is 9.98. The molecule has 0 heterocycles. The SMILES string of the molecule is C=C(N=O)C(=C/c1ccc(O)c(OC)c1)/C(=C\c1ccc(O)c(OC)c1)C(=O)O. The summed E-state index contributed by atoms with van der Waals surface area (Å²) in [6.45, 7) is 3.53. The van der Waals surface area contributed by atoms with Crippen LogP contribution in [-0.4, -0.2) is 35.5 Å². The minimum Gasteiger partial charge on any atom is -0.504 e. The molecule has 0 amide bonds. The molecule has 2 aromatic carbocycles. The van der Waals surface area contributed by atoms with Gasteiger partial charge in [-0.05, 0) is 52.7 Å². The van der Waals surface area contributed by atoms with Crippen molar-refractivity contribution < 1.29 is 29.6 Å². The first-order chi connectivity index (χ1) is 13.8. The highest BCUT2D eigenvalue weighted by molar-refractivity contribution is 6.00. The molecule has 0 unspecified atom stereocenters. The van der Waals surface area contributed by atoms with Gasteiger partial charge in [0, 0.05) is 5.57 Å². The molecule has 0 bridgehead atoms. The second kappa shape index (κ2) is 9.23. The van der Waals surface area contributed by atoms with Crippen LogP contribution in [0.4, 0.5) is 0 Å². The van der Waals surface area contributed by atoms with Crippen LogP contribution in [-0.2, 0) is 4.79 Å². The number of nitroso groups, excluding NO2 is 1. The van der Waals surface area contributed by atoms with Crippen LogP contribution in [0.5, 0.6) is 23.0 Å². The molecule has 29 heavy (non-hydrogen) atoms. The average molecular weight is 397 g/mol. The first-order valence-corrected chi connectivity index (χ1v) is 8.24. The van der Waals surface area contributed by atoms with Crippen molar-refractivity contribution in [1.29, 1.82) is 0 Å². The number of allylic oxidation sites excluding steroid dienone is 1. The maximum absolute atomic E-state index is 11.9. The Morgan fingerprint density at radius 1 is 0.931 bits per heavy atom. The van der Waals surface area contributed by atoms with Crippen molar-refractivity contribution >= 4 is 18.1 Å². The van der Waals surface area contributed by atoms with Crippen LogP contribution in [0.1, 0.15) is 11.1 Å². The molecule has 0 fully saturated rings. The summed E-state index contributed by atoms with van der Waals surface area (Å²) in [6.07, 6.45) is 2.69. The van der Waals surface area contributed by atoms with E-state index in [-0.39, 0.29) is 39.8 Å². The van der Waals surface area contributed by atoms with E-state index in [9.17, 15) is 25.0 Å². The van der Waals surface area contributed by atoms with Crippen molar-refractivity contribution in [3.05, 3.63) is 75.9 Å². The van der Waals surface area contributed by atoms with E-state index in [4.69, 9.17) is 9.47 Å². The van der Waals surface area contributed by atoms with Gasteiger partial charge in [0.2, 0.25) is 0 Å². The summed E-state index contributed by atoms with van der Waals surface area (Å²) in [5.74, 6) is -1.19. The van der Waals surface area contributed by atoms with Gasteiger partial charge in [0.05, 0.1) is 19.8 Å². The second-order valence-corrected chi connectivity index (χ2v) is 5.82. The summed E-state index contributed by atoms with van der Waals surface area (Å²) in [5.41, 5.74) is 0.276. The van der Waals surface area contributed by atoms with E-state index < -0.39 is 5.97 Å². The zero-order valence-electron chi connectivity index (χ0n) is 15.7. The lowest BCUT2D eigenvalue weighted by molar-refractivity contribution is -0.132. The molecule has 0 saturated carbocycles.